The van der Waals surface area contributed by atoms with Crippen molar-refractivity contribution in [2.24, 2.45) is 22.2 Å². The molecule has 3 saturated carbocycles. The number of rotatable bonds is 14. The molecule has 4 fully saturated rings. The van der Waals surface area contributed by atoms with Crippen LogP contribution in [0.3, 0.4) is 0 Å². The summed E-state index contributed by atoms with van der Waals surface area (Å²) < 4.78 is 44.9. The van der Waals surface area contributed by atoms with Crippen molar-refractivity contribution in [2.45, 2.75) is 90.9 Å². The van der Waals surface area contributed by atoms with E-state index in [4.69, 9.17) is 19.9 Å². The van der Waals surface area contributed by atoms with Gasteiger partial charge in [-0.3, -0.25) is 19.8 Å². The van der Waals surface area contributed by atoms with Crippen molar-refractivity contribution >= 4 is 38.3 Å². The predicted molar refractivity (Wildman–Crippen MR) is 231 cm³/mol. The zero-order valence-electron chi connectivity index (χ0n) is 35.3. The van der Waals surface area contributed by atoms with Gasteiger partial charge in [-0.2, -0.15) is 0 Å². The number of hydrogen-bond acceptors (Lipinski definition) is 11. The number of allylic oxidation sites excluding steroid dienone is 1. The highest BCUT2D eigenvalue weighted by Crippen LogP contribution is 2.77. The lowest BCUT2D eigenvalue weighted by atomic mass is 9.33. The molecule has 0 atom stereocenters. The minimum absolute atomic E-state index is 0.00720. The number of hydrogen-bond donors (Lipinski definition) is 3. The number of benzene rings is 2. The van der Waals surface area contributed by atoms with Crippen LogP contribution in [-0.2, 0) is 14.8 Å². The fraction of sp³-hybridized carbons (Fsp3) is 0.511. The predicted octanol–water partition coefficient (Wildman–Crippen LogP) is 8.79. The molecule has 1 amide bonds. The number of fused-ring (bicyclic) bond motifs is 1. The number of ether oxygens (including phenoxy) is 3. The number of likely N-dealkylation sites (N-methyl/N-ethyl adjacent to an activating group) is 1. The number of H-pyrrole nitrogens is 1. The average molecular weight is 843 g/mol. The summed E-state index contributed by atoms with van der Waals surface area (Å²) in [5, 5.41) is 12.5. The van der Waals surface area contributed by atoms with Crippen LogP contribution in [0, 0.1) is 32.3 Å². The maximum Gasteiger partial charge on any atom is 0.312 e. The van der Waals surface area contributed by atoms with Crippen LogP contribution >= 0.6 is 0 Å². The highest BCUT2D eigenvalue weighted by Gasteiger charge is 2.66. The molecule has 1 aliphatic heterocycles. The SMILES string of the molecule is CCN(CC)CC1=C(C23CC(C)(C2)C3)CC(C)(C)CC1.Nc1ccc(C(=O)NS(=O)(=O)c2ccc(OCC3CCOCC3)c([N+](=O)[O-])c2)c(Oc2cnc3[nH]ccc3c2)c1. The Morgan fingerprint density at radius 2 is 1.78 bits per heavy atom. The molecule has 3 heterocycles. The number of nitrogens with one attached hydrogen (secondary N) is 2. The molecule has 4 N–H and O–H groups in total. The summed E-state index contributed by atoms with van der Waals surface area (Å²) in [6.45, 7) is 17.1. The smallest absolute Gasteiger partial charge is 0.312 e. The maximum atomic E-state index is 13.1. The van der Waals surface area contributed by atoms with Crippen LogP contribution in [0.15, 0.2) is 77.0 Å². The number of amides is 1. The number of nitro benzene ring substituents is 1. The van der Waals surface area contributed by atoms with Crippen LogP contribution in [-0.4, -0.2) is 73.6 Å². The van der Waals surface area contributed by atoms with Gasteiger partial charge in [-0.25, -0.2) is 18.1 Å². The third-order valence-corrected chi connectivity index (χ3v) is 14.1. The molecule has 4 aromatic rings. The molecule has 2 aromatic carbocycles. The number of carbonyl (C=O) groups is 1. The molecular weight excluding hydrogens is 785 g/mol. The Morgan fingerprint density at radius 3 is 2.47 bits per heavy atom. The van der Waals surface area contributed by atoms with Gasteiger partial charge in [-0.15, -0.1) is 0 Å². The molecule has 2 bridgehead atoms. The Balaban J connectivity index is 0.000000227. The number of nitro groups is 1. The minimum Gasteiger partial charge on any atom is -0.487 e. The van der Waals surface area contributed by atoms with E-state index >= 15 is 0 Å². The van der Waals surface area contributed by atoms with Gasteiger partial charge in [-0.05, 0) is 123 Å². The first-order valence-corrected chi connectivity index (χ1v) is 22.5. The van der Waals surface area contributed by atoms with E-state index in [1.54, 1.807) is 18.3 Å². The van der Waals surface area contributed by atoms with Crippen molar-refractivity contribution in [3.05, 3.63) is 87.7 Å². The molecule has 0 unspecified atom stereocenters. The van der Waals surface area contributed by atoms with Gasteiger partial charge in [0.05, 0.1) is 28.2 Å². The van der Waals surface area contributed by atoms with Crippen LogP contribution in [0.4, 0.5) is 11.4 Å². The third-order valence-electron chi connectivity index (χ3n) is 12.8. The van der Waals surface area contributed by atoms with E-state index in [1.165, 1.54) is 88.6 Å². The zero-order valence-corrected chi connectivity index (χ0v) is 36.2. The fourth-order valence-corrected chi connectivity index (χ4v) is 10.6. The molecule has 60 heavy (non-hydrogen) atoms. The van der Waals surface area contributed by atoms with Crippen LogP contribution in [0.5, 0.6) is 17.2 Å². The summed E-state index contributed by atoms with van der Waals surface area (Å²) >= 11 is 0. The summed E-state index contributed by atoms with van der Waals surface area (Å²) in [4.78, 5) is 33.4. The van der Waals surface area contributed by atoms with E-state index in [1.807, 2.05) is 15.9 Å². The van der Waals surface area contributed by atoms with Crippen molar-refractivity contribution in [3.8, 4) is 17.2 Å². The first-order chi connectivity index (χ1) is 28.5. The summed E-state index contributed by atoms with van der Waals surface area (Å²) in [5.41, 5.74) is 11.8. The van der Waals surface area contributed by atoms with Crippen LogP contribution in [0.1, 0.15) is 96.3 Å². The van der Waals surface area contributed by atoms with E-state index < -0.39 is 31.4 Å². The monoisotopic (exact) mass is 842 g/mol. The zero-order chi connectivity index (χ0) is 42.9. The molecule has 1 saturated heterocycles. The van der Waals surface area contributed by atoms with E-state index in [0.29, 0.717) is 35.4 Å². The van der Waals surface area contributed by atoms with Crippen molar-refractivity contribution in [1.82, 2.24) is 19.6 Å². The third kappa shape index (κ3) is 9.48. The molecule has 5 aliphatic rings. The Morgan fingerprint density at radius 1 is 1.05 bits per heavy atom. The van der Waals surface area contributed by atoms with Crippen LogP contribution in [0.25, 0.3) is 11.0 Å². The first kappa shape index (κ1) is 43.1. The topological polar surface area (TPSA) is 192 Å². The molecule has 14 nitrogen and oxygen atoms in total. The number of carbonyl (C=O) groups excluding carboxylic acids is 1. The van der Waals surface area contributed by atoms with E-state index in [0.717, 1.165) is 35.8 Å². The Labute approximate surface area is 352 Å². The summed E-state index contributed by atoms with van der Waals surface area (Å²) in [5.74, 6) is -0.626. The molecule has 15 heteroatoms. The number of anilines is 1. The number of sulfonamides is 1. The number of nitrogens with zero attached hydrogens (tertiary/aromatic N) is 3. The van der Waals surface area contributed by atoms with E-state index in [2.05, 4.69) is 49.5 Å². The highest BCUT2D eigenvalue weighted by molar-refractivity contribution is 7.90. The Kier molecular flexibility index (Phi) is 12.3. The lowest BCUT2D eigenvalue weighted by molar-refractivity contribution is -0.386. The second-order valence-corrected chi connectivity index (χ2v) is 19.8. The minimum atomic E-state index is -4.52. The van der Waals surface area contributed by atoms with Gasteiger partial charge >= 0.3 is 5.69 Å². The number of nitrogen functional groups attached to an aromatic ring is 1. The largest absolute Gasteiger partial charge is 0.487 e. The average Bonchev–Trinajstić information content (AvgIpc) is 3.66. The molecule has 322 valence electrons. The van der Waals surface area contributed by atoms with Crippen LogP contribution < -0.4 is 19.9 Å². The second kappa shape index (κ2) is 17.2. The number of aromatic nitrogens is 2. The normalized spacial score (nSPS) is 22.3. The van der Waals surface area contributed by atoms with Gasteiger partial charge < -0.3 is 24.9 Å². The summed E-state index contributed by atoms with van der Waals surface area (Å²) in [6.07, 6.45) is 13.3. The van der Waals surface area contributed by atoms with Crippen molar-refractivity contribution in [2.75, 3.05) is 45.2 Å². The number of aromatic amines is 1. The van der Waals surface area contributed by atoms with Gasteiger partial charge in [0.25, 0.3) is 15.9 Å². The van der Waals surface area contributed by atoms with Gasteiger partial charge in [0.2, 0.25) is 0 Å². The molecule has 2 aromatic heterocycles. The van der Waals surface area contributed by atoms with Gasteiger partial charge in [0.1, 0.15) is 17.1 Å². The van der Waals surface area contributed by atoms with Gasteiger partial charge in [-0.1, -0.05) is 45.8 Å². The summed E-state index contributed by atoms with van der Waals surface area (Å²) in [7, 11) is -4.52. The molecular formula is C45H58N6O8S. The number of nitrogens with two attached hydrogens (primary N) is 1. The van der Waals surface area contributed by atoms with Crippen molar-refractivity contribution in [1.29, 1.82) is 0 Å². The van der Waals surface area contributed by atoms with Crippen molar-refractivity contribution in [3.63, 3.8) is 0 Å². The molecule has 0 radical (unpaired) electrons. The van der Waals surface area contributed by atoms with Crippen LogP contribution in [0.2, 0.25) is 0 Å². The lowest BCUT2D eigenvalue weighted by Crippen LogP contribution is -2.61. The molecule has 9 rings (SSSR count). The highest BCUT2D eigenvalue weighted by atomic mass is 32.2. The first-order valence-electron chi connectivity index (χ1n) is 21.0. The summed E-state index contributed by atoms with van der Waals surface area (Å²) in [6, 6.07) is 10.8. The quantitative estimate of drug-likeness (QED) is 0.0476. The Hall–Kier alpha value is -4.99. The van der Waals surface area contributed by atoms with Gasteiger partial charge in [0.15, 0.2) is 5.75 Å². The second-order valence-electron chi connectivity index (χ2n) is 18.1. The standard InChI is InChI=1S/C26H25N5O8S.C19H33N/c27-18-1-3-21(24(12-18)39-19-11-17-5-8-28-25(17)29-14-19)26(32)30-40(35,36)20-2-4-23(22(13-20)31(33)34)38-15-16-6-9-37-10-7-16;1-6-20(7-2)11-15-8-9-17(3,4)10-16(15)19-12-18(5,13-19)14-19/h1-5,8,11-14,16H,6-7,9-10,15,27H2,(H,28,29)(H,30,32);6-14H2,1-5H3. The molecule has 4 aliphatic carbocycles. The van der Waals surface area contributed by atoms with E-state index in [9.17, 15) is 23.3 Å². The van der Waals surface area contributed by atoms with Crippen molar-refractivity contribution < 1.29 is 32.3 Å². The van der Waals surface area contributed by atoms with Gasteiger partial charge in [0, 0.05) is 49.2 Å². The Bertz CT molecular complexity index is 2360. The lowest BCUT2D eigenvalue weighted by Gasteiger charge is -2.72. The van der Waals surface area contributed by atoms with E-state index in [-0.39, 0.29) is 35.3 Å². The number of pyridine rings is 1. The maximum absolute atomic E-state index is 13.1. The molecule has 0 spiro atoms. The fourth-order valence-electron chi connectivity index (χ4n) is 9.60.